The van der Waals surface area contributed by atoms with Crippen LogP contribution in [-0.2, 0) is 9.59 Å². The number of likely N-dealkylation sites (tertiary alicyclic amines) is 1. The number of ether oxygens (including phenoxy) is 2. The fraction of sp³-hybridized carbons (Fsp3) is 0.304. The third-order valence-electron chi connectivity index (χ3n) is 5.10. The molecule has 1 N–H and O–H groups in total. The number of aliphatic hydroxyl groups is 1. The molecule has 0 aromatic heterocycles. The molecule has 0 spiro atoms. The Hall–Kier alpha value is -3.28. The number of amides is 1. The summed E-state index contributed by atoms with van der Waals surface area (Å²) in [6.45, 7) is 4.17. The molecule has 6 nitrogen and oxygen atoms in total. The molecule has 29 heavy (non-hydrogen) atoms. The van der Waals surface area contributed by atoms with Crippen LogP contribution in [0.1, 0.15) is 36.1 Å². The Labute approximate surface area is 170 Å². The van der Waals surface area contributed by atoms with Crippen LogP contribution in [0, 0.1) is 6.92 Å². The molecule has 1 aliphatic heterocycles. The topological polar surface area (TPSA) is 76.1 Å². The van der Waals surface area contributed by atoms with E-state index in [0.29, 0.717) is 35.6 Å². The number of methoxy groups -OCH3 is 2. The van der Waals surface area contributed by atoms with Crippen LogP contribution in [-0.4, -0.2) is 42.5 Å². The number of hydrogen-bond acceptors (Lipinski definition) is 5. The zero-order valence-corrected chi connectivity index (χ0v) is 17.1. The van der Waals surface area contributed by atoms with Crippen LogP contribution in [0.2, 0.25) is 0 Å². The van der Waals surface area contributed by atoms with Crippen molar-refractivity contribution in [3.63, 3.8) is 0 Å². The van der Waals surface area contributed by atoms with Crippen LogP contribution in [0.25, 0.3) is 5.76 Å². The molecule has 1 unspecified atom stereocenters. The largest absolute Gasteiger partial charge is 0.507 e. The molecular formula is C23H25NO5. The summed E-state index contributed by atoms with van der Waals surface area (Å²) in [5.41, 5.74) is 2.04. The summed E-state index contributed by atoms with van der Waals surface area (Å²) in [7, 11) is 3.12. The van der Waals surface area contributed by atoms with E-state index in [1.165, 1.54) is 4.90 Å². The Morgan fingerprint density at radius 2 is 1.76 bits per heavy atom. The van der Waals surface area contributed by atoms with Crippen LogP contribution in [0.15, 0.2) is 48.0 Å². The number of rotatable bonds is 6. The highest BCUT2D eigenvalue weighted by Crippen LogP contribution is 2.40. The Kier molecular flexibility index (Phi) is 5.92. The number of ketones is 1. The maximum absolute atomic E-state index is 12.9. The summed E-state index contributed by atoms with van der Waals surface area (Å²) in [5, 5.41) is 11.1. The molecule has 1 atom stereocenters. The third-order valence-corrected chi connectivity index (χ3v) is 5.10. The van der Waals surface area contributed by atoms with Gasteiger partial charge in [0.25, 0.3) is 11.7 Å². The average molecular weight is 395 g/mol. The maximum atomic E-state index is 12.9. The molecular weight excluding hydrogens is 370 g/mol. The highest BCUT2D eigenvalue weighted by molar-refractivity contribution is 6.46. The van der Waals surface area contributed by atoms with Gasteiger partial charge in [-0.2, -0.15) is 0 Å². The normalized spacial score (nSPS) is 18.2. The van der Waals surface area contributed by atoms with Crippen molar-refractivity contribution < 1.29 is 24.2 Å². The molecule has 2 aromatic carbocycles. The monoisotopic (exact) mass is 395 g/mol. The van der Waals surface area contributed by atoms with E-state index < -0.39 is 17.7 Å². The SMILES string of the molecule is CCCN1C(=O)C(=O)/C(=C(\O)c2ccc(OC)cc2C)C1c1cccc(OC)c1. The minimum atomic E-state index is -0.681. The molecule has 152 valence electrons. The van der Waals surface area contributed by atoms with Gasteiger partial charge in [-0.25, -0.2) is 0 Å². The zero-order chi connectivity index (χ0) is 21.1. The number of carbonyl (C=O) groups is 2. The van der Waals surface area contributed by atoms with Gasteiger partial charge in [-0.3, -0.25) is 9.59 Å². The number of carbonyl (C=O) groups excluding carboxylic acids is 2. The highest BCUT2D eigenvalue weighted by atomic mass is 16.5. The molecule has 0 radical (unpaired) electrons. The van der Waals surface area contributed by atoms with Gasteiger partial charge in [-0.05, 0) is 54.8 Å². The van der Waals surface area contributed by atoms with Crippen LogP contribution in [0.3, 0.4) is 0 Å². The lowest BCUT2D eigenvalue weighted by atomic mass is 9.93. The smallest absolute Gasteiger partial charge is 0.295 e. The number of Topliss-reactive ketones (excluding diaryl/α,β-unsaturated/α-hetero) is 1. The van der Waals surface area contributed by atoms with Crippen LogP contribution in [0.5, 0.6) is 11.5 Å². The summed E-state index contributed by atoms with van der Waals surface area (Å²) < 4.78 is 10.5. The quantitative estimate of drug-likeness (QED) is 0.457. The van der Waals surface area contributed by atoms with Crippen molar-refractivity contribution in [3.05, 3.63) is 64.7 Å². The molecule has 6 heteroatoms. The number of hydrogen-bond donors (Lipinski definition) is 1. The second-order valence-corrected chi connectivity index (χ2v) is 6.95. The number of nitrogens with zero attached hydrogens (tertiary/aromatic N) is 1. The average Bonchev–Trinajstić information content (AvgIpc) is 2.98. The van der Waals surface area contributed by atoms with Gasteiger partial charge in [0, 0.05) is 12.1 Å². The van der Waals surface area contributed by atoms with Crippen molar-refractivity contribution in [3.8, 4) is 11.5 Å². The first-order valence-corrected chi connectivity index (χ1v) is 9.50. The maximum Gasteiger partial charge on any atom is 0.295 e. The molecule has 2 aromatic rings. The minimum Gasteiger partial charge on any atom is -0.507 e. The van der Waals surface area contributed by atoms with Crippen molar-refractivity contribution in [1.29, 1.82) is 0 Å². The minimum absolute atomic E-state index is 0.0879. The van der Waals surface area contributed by atoms with Crippen LogP contribution >= 0.6 is 0 Å². The lowest BCUT2D eigenvalue weighted by Gasteiger charge is -2.25. The van der Waals surface area contributed by atoms with Gasteiger partial charge in [0.15, 0.2) is 0 Å². The van der Waals surface area contributed by atoms with Gasteiger partial charge in [0.1, 0.15) is 17.3 Å². The second-order valence-electron chi connectivity index (χ2n) is 6.95. The second kappa shape index (κ2) is 8.39. The predicted molar refractivity (Wildman–Crippen MR) is 110 cm³/mol. The van der Waals surface area contributed by atoms with Crippen LogP contribution < -0.4 is 9.47 Å². The first-order chi connectivity index (χ1) is 13.9. The number of benzene rings is 2. The van der Waals surface area contributed by atoms with Gasteiger partial charge in [-0.15, -0.1) is 0 Å². The number of aryl methyl sites for hydroxylation is 1. The fourth-order valence-electron chi connectivity index (χ4n) is 3.68. The molecule has 0 bridgehead atoms. The van der Waals surface area contributed by atoms with Crippen molar-refractivity contribution in [2.75, 3.05) is 20.8 Å². The first-order valence-electron chi connectivity index (χ1n) is 9.50. The summed E-state index contributed by atoms with van der Waals surface area (Å²) in [6.07, 6.45) is 0.690. The lowest BCUT2D eigenvalue weighted by Crippen LogP contribution is -2.30. The van der Waals surface area contributed by atoms with Crippen molar-refractivity contribution in [1.82, 2.24) is 4.90 Å². The number of aliphatic hydroxyl groups excluding tert-OH is 1. The van der Waals surface area contributed by atoms with Gasteiger partial charge >= 0.3 is 0 Å². The van der Waals surface area contributed by atoms with E-state index in [2.05, 4.69) is 0 Å². The predicted octanol–water partition coefficient (Wildman–Crippen LogP) is 3.84. The Morgan fingerprint density at radius 3 is 2.38 bits per heavy atom. The molecule has 3 rings (SSSR count). The summed E-state index contributed by atoms with van der Waals surface area (Å²) in [5.74, 6) is -0.207. The highest BCUT2D eigenvalue weighted by Gasteiger charge is 2.45. The molecule has 1 heterocycles. The van der Waals surface area contributed by atoms with Gasteiger partial charge in [0.2, 0.25) is 0 Å². The van der Waals surface area contributed by atoms with E-state index in [1.807, 2.05) is 19.9 Å². The standard InChI is InChI=1S/C23H25NO5/c1-5-11-24-20(15-7-6-8-16(13-15)28-3)19(22(26)23(24)27)21(25)18-10-9-17(29-4)12-14(18)2/h6-10,12-13,20,25H,5,11H2,1-4H3/b21-19-. The Balaban J connectivity index is 2.21. The van der Waals surface area contributed by atoms with E-state index in [4.69, 9.17) is 9.47 Å². The third kappa shape index (κ3) is 3.70. The Morgan fingerprint density at radius 1 is 1.07 bits per heavy atom. The molecule has 1 amide bonds. The molecule has 1 aliphatic rings. The van der Waals surface area contributed by atoms with E-state index in [-0.39, 0.29) is 11.3 Å². The summed E-state index contributed by atoms with van der Waals surface area (Å²) >= 11 is 0. The molecule has 1 saturated heterocycles. The van der Waals surface area contributed by atoms with E-state index in [1.54, 1.807) is 50.6 Å². The molecule has 0 saturated carbocycles. The van der Waals surface area contributed by atoms with E-state index >= 15 is 0 Å². The molecule has 1 fully saturated rings. The fourth-order valence-corrected chi connectivity index (χ4v) is 3.68. The van der Waals surface area contributed by atoms with Gasteiger partial charge in [-0.1, -0.05) is 19.1 Å². The van der Waals surface area contributed by atoms with Crippen molar-refractivity contribution in [2.45, 2.75) is 26.3 Å². The van der Waals surface area contributed by atoms with Crippen LogP contribution in [0.4, 0.5) is 0 Å². The van der Waals surface area contributed by atoms with Crippen molar-refractivity contribution >= 4 is 17.4 Å². The van der Waals surface area contributed by atoms with E-state index in [9.17, 15) is 14.7 Å². The van der Waals surface area contributed by atoms with E-state index in [0.717, 1.165) is 5.56 Å². The van der Waals surface area contributed by atoms with Gasteiger partial charge < -0.3 is 19.5 Å². The van der Waals surface area contributed by atoms with Crippen molar-refractivity contribution in [2.24, 2.45) is 0 Å². The Bertz CT molecular complexity index is 979. The first kappa shape index (κ1) is 20.5. The summed E-state index contributed by atoms with van der Waals surface area (Å²) in [4.78, 5) is 27.2. The summed E-state index contributed by atoms with van der Waals surface area (Å²) in [6, 6.07) is 11.7. The zero-order valence-electron chi connectivity index (χ0n) is 17.1. The molecule has 0 aliphatic carbocycles. The van der Waals surface area contributed by atoms with Gasteiger partial charge in [0.05, 0.1) is 25.8 Å². The lowest BCUT2D eigenvalue weighted by molar-refractivity contribution is -0.139.